The predicted molar refractivity (Wildman–Crippen MR) is 86.7 cm³/mol. The number of benzene rings is 1. The molecule has 0 N–H and O–H groups in total. The SMILES string of the molecule is CN1C2CCCC1CN(c1nnc(-c3ccccc3)s1)C2. The lowest BCUT2D eigenvalue weighted by molar-refractivity contribution is 0.0950. The molecule has 1 aromatic carbocycles. The molecule has 2 atom stereocenters. The standard InChI is InChI=1S/C16H20N4S/c1-19-13-8-5-9-14(19)11-20(10-13)16-18-17-15(21-16)12-6-3-2-4-7-12/h2-4,6-7,13-14H,5,8-11H2,1H3. The highest BCUT2D eigenvalue weighted by Crippen LogP contribution is 2.33. The maximum atomic E-state index is 4.44. The van der Waals surface area contributed by atoms with E-state index in [-0.39, 0.29) is 0 Å². The van der Waals surface area contributed by atoms with Crippen LogP contribution in [0, 0.1) is 0 Å². The number of aromatic nitrogens is 2. The fraction of sp³-hybridized carbons (Fsp3) is 0.500. The third-order valence-corrected chi connectivity index (χ3v) is 5.83. The van der Waals surface area contributed by atoms with Crippen LogP contribution in [-0.4, -0.2) is 47.3 Å². The van der Waals surface area contributed by atoms with Gasteiger partial charge in [0.05, 0.1) is 0 Å². The molecule has 2 bridgehead atoms. The zero-order valence-corrected chi connectivity index (χ0v) is 13.1. The highest BCUT2D eigenvalue weighted by atomic mass is 32.1. The topological polar surface area (TPSA) is 32.3 Å². The largest absolute Gasteiger partial charge is 0.344 e. The minimum Gasteiger partial charge on any atom is -0.344 e. The number of hydrogen-bond acceptors (Lipinski definition) is 5. The van der Waals surface area contributed by atoms with Gasteiger partial charge in [-0.3, -0.25) is 4.90 Å². The van der Waals surface area contributed by atoms with Crippen molar-refractivity contribution in [2.45, 2.75) is 31.3 Å². The third kappa shape index (κ3) is 2.45. The Balaban J connectivity index is 1.56. The lowest BCUT2D eigenvalue weighted by atomic mass is 9.92. The summed E-state index contributed by atoms with van der Waals surface area (Å²) in [5.74, 6) is 0. The Morgan fingerprint density at radius 1 is 1.05 bits per heavy atom. The second kappa shape index (κ2) is 5.39. The Kier molecular flexibility index (Phi) is 3.39. The minimum absolute atomic E-state index is 0.682. The number of likely N-dealkylation sites (N-methyl/N-ethyl adjacent to an activating group) is 1. The van der Waals surface area contributed by atoms with E-state index in [9.17, 15) is 0 Å². The van der Waals surface area contributed by atoms with Crippen LogP contribution in [0.2, 0.25) is 0 Å². The molecule has 0 saturated carbocycles. The van der Waals surface area contributed by atoms with Crippen molar-refractivity contribution in [3.8, 4) is 10.6 Å². The number of rotatable bonds is 2. The first-order valence-corrected chi connectivity index (χ1v) is 8.49. The lowest BCUT2D eigenvalue weighted by Crippen LogP contribution is -2.59. The van der Waals surface area contributed by atoms with Gasteiger partial charge in [0, 0.05) is 30.7 Å². The summed E-state index contributed by atoms with van der Waals surface area (Å²) in [6.07, 6.45) is 4.00. The van der Waals surface area contributed by atoms with Crippen LogP contribution in [0.5, 0.6) is 0 Å². The van der Waals surface area contributed by atoms with E-state index >= 15 is 0 Å². The Hall–Kier alpha value is -1.46. The first-order chi connectivity index (χ1) is 10.3. The summed E-state index contributed by atoms with van der Waals surface area (Å²) in [4.78, 5) is 5.01. The Bertz CT molecular complexity index is 598. The van der Waals surface area contributed by atoms with Crippen LogP contribution in [0.25, 0.3) is 10.6 Å². The molecule has 2 unspecified atom stereocenters. The van der Waals surface area contributed by atoms with Gasteiger partial charge in [0.15, 0.2) is 0 Å². The van der Waals surface area contributed by atoms with Crippen LogP contribution < -0.4 is 4.90 Å². The number of anilines is 1. The van der Waals surface area contributed by atoms with Crippen molar-refractivity contribution in [1.29, 1.82) is 0 Å². The number of piperazine rings is 1. The molecule has 5 heteroatoms. The number of hydrogen-bond donors (Lipinski definition) is 0. The van der Waals surface area contributed by atoms with Crippen molar-refractivity contribution in [3.63, 3.8) is 0 Å². The van der Waals surface area contributed by atoms with Crippen molar-refractivity contribution < 1.29 is 0 Å². The second-order valence-electron chi connectivity index (χ2n) is 6.06. The van der Waals surface area contributed by atoms with Crippen molar-refractivity contribution >= 4 is 16.5 Å². The Morgan fingerprint density at radius 3 is 2.48 bits per heavy atom. The van der Waals surface area contributed by atoms with E-state index in [0.717, 1.165) is 28.8 Å². The van der Waals surface area contributed by atoms with Gasteiger partial charge in [-0.05, 0) is 19.9 Å². The molecular formula is C16H20N4S. The van der Waals surface area contributed by atoms with Crippen LogP contribution in [0.1, 0.15) is 19.3 Å². The third-order valence-electron chi connectivity index (χ3n) is 4.79. The molecule has 0 amide bonds. The quantitative estimate of drug-likeness (QED) is 0.853. The molecule has 4 rings (SSSR count). The lowest BCUT2D eigenvalue weighted by Gasteiger charge is -2.48. The van der Waals surface area contributed by atoms with E-state index in [4.69, 9.17) is 0 Å². The Labute approximate surface area is 129 Å². The van der Waals surface area contributed by atoms with Crippen molar-refractivity contribution in [1.82, 2.24) is 15.1 Å². The average molecular weight is 300 g/mol. The summed E-state index contributed by atoms with van der Waals surface area (Å²) in [7, 11) is 2.28. The zero-order chi connectivity index (χ0) is 14.2. The Morgan fingerprint density at radius 2 is 1.76 bits per heavy atom. The van der Waals surface area contributed by atoms with Gasteiger partial charge in [0.25, 0.3) is 0 Å². The average Bonchev–Trinajstić information content (AvgIpc) is 2.98. The number of piperidine rings is 1. The zero-order valence-electron chi connectivity index (χ0n) is 12.3. The molecule has 0 spiro atoms. The van der Waals surface area contributed by atoms with Crippen LogP contribution in [0.4, 0.5) is 5.13 Å². The monoisotopic (exact) mass is 300 g/mol. The molecule has 2 saturated heterocycles. The van der Waals surface area contributed by atoms with Crippen LogP contribution >= 0.6 is 11.3 Å². The van der Waals surface area contributed by atoms with E-state index in [1.165, 1.54) is 19.3 Å². The van der Waals surface area contributed by atoms with Gasteiger partial charge in [-0.2, -0.15) is 0 Å². The molecular weight excluding hydrogens is 280 g/mol. The first kappa shape index (κ1) is 13.2. The number of nitrogens with zero attached hydrogens (tertiary/aromatic N) is 4. The second-order valence-corrected chi connectivity index (χ2v) is 7.02. The molecule has 1 aromatic heterocycles. The van der Waals surface area contributed by atoms with Crippen LogP contribution in [-0.2, 0) is 0 Å². The molecule has 110 valence electrons. The fourth-order valence-electron chi connectivity index (χ4n) is 3.51. The number of fused-ring (bicyclic) bond motifs is 2. The van der Waals surface area contributed by atoms with E-state index in [1.807, 2.05) is 6.07 Å². The van der Waals surface area contributed by atoms with Crippen molar-refractivity contribution in [2.24, 2.45) is 0 Å². The van der Waals surface area contributed by atoms with E-state index in [1.54, 1.807) is 11.3 Å². The van der Waals surface area contributed by atoms with Crippen LogP contribution in [0.15, 0.2) is 30.3 Å². The van der Waals surface area contributed by atoms with Gasteiger partial charge in [0.2, 0.25) is 5.13 Å². The highest BCUT2D eigenvalue weighted by molar-refractivity contribution is 7.18. The molecule has 2 fully saturated rings. The van der Waals surface area contributed by atoms with Gasteiger partial charge in [-0.15, -0.1) is 10.2 Å². The van der Waals surface area contributed by atoms with E-state index in [2.05, 4.69) is 51.3 Å². The minimum atomic E-state index is 0.682. The van der Waals surface area contributed by atoms with Crippen molar-refractivity contribution in [2.75, 3.05) is 25.0 Å². The highest BCUT2D eigenvalue weighted by Gasteiger charge is 2.35. The summed E-state index contributed by atoms with van der Waals surface area (Å²) in [6.45, 7) is 2.19. The smallest absolute Gasteiger partial charge is 0.208 e. The first-order valence-electron chi connectivity index (χ1n) is 7.67. The summed E-state index contributed by atoms with van der Waals surface area (Å²) < 4.78 is 0. The summed E-state index contributed by atoms with van der Waals surface area (Å²) in [5.41, 5.74) is 1.16. The molecule has 4 nitrogen and oxygen atoms in total. The summed E-state index contributed by atoms with van der Waals surface area (Å²) >= 11 is 1.72. The van der Waals surface area contributed by atoms with E-state index in [0.29, 0.717) is 12.1 Å². The molecule has 2 aromatic rings. The van der Waals surface area contributed by atoms with Gasteiger partial charge in [0.1, 0.15) is 5.01 Å². The van der Waals surface area contributed by atoms with Gasteiger partial charge >= 0.3 is 0 Å². The van der Waals surface area contributed by atoms with Crippen molar-refractivity contribution in [3.05, 3.63) is 30.3 Å². The summed E-state index contributed by atoms with van der Waals surface area (Å²) in [6, 6.07) is 11.7. The van der Waals surface area contributed by atoms with Gasteiger partial charge < -0.3 is 4.90 Å². The predicted octanol–water partition coefficient (Wildman–Crippen LogP) is 2.88. The molecule has 2 aliphatic rings. The molecule has 0 radical (unpaired) electrons. The molecule has 21 heavy (non-hydrogen) atoms. The van der Waals surface area contributed by atoms with Crippen LogP contribution in [0.3, 0.4) is 0 Å². The maximum absolute atomic E-state index is 4.44. The van der Waals surface area contributed by atoms with E-state index < -0.39 is 0 Å². The molecule has 3 heterocycles. The van der Waals surface area contributed by atoms with Gasteiger partial charge in [-0.25, -0.2) is 0 Å². The van der Waals surface area contributed by atoms with Gasteiger partial charge in [-0.1, -0.05) is 48.1 Å². The molecule has 0 aliphatic carbocycles. The molecule has 2 aliphatic heterocycles. The maximum Gasteiger partial charge on any atom is 0.208 e. The fourth-order valence-corrected chi connectivity index (χ4v) is 4.38. The summed E-state index contributed by atoms with van der Waals surface area (Å²) in [5, 5.41) is 10.9. The normalized spacial score (nSPS) is 26.0.